The number of aliphatic hydroxyl groups excluding tert-OH is 1. The second-order valence-electron chi connectivity index (χ2n) is 24.3. The molecular weight excluding hydrogens is 945 g/mol. The van der Waals surface area contributed by atoms with Gasteiger partial charge >= 0.3 is 11.9 Å². The van der Waals surface area contributed by atoms with E-state index in [4.69, 9.17) is 9.47 Å². The van der Waals surface area contributed by atoms with Crippen molar-refractivity contribution in [3.63, 3.8) is 0 Å². The molecule has 0 aromatic rings. The van der Waals surface area contributed by atoms with E-state index in [9.17, 15) is 14.7 Å². The van der Waals surface area contributed by atoms with E-state index in [1.807, 2.05) is 0 Å². The zero-order valence-electron chi connectivity index (χ0n) is 52.5. The maximum atomic E-state index is 12.4. The van der Waals surface area contributed by atoms with Gasteiger partial charge in [0, 0.05) is 12.8 Å². The molecule has 1 N–H and O–H groups in total. The molecule has 1 atom stereocenters. The maximum Gasteiger partial charge on any atom is 0.306 e. The minimum Gasteiger partial charge on any atom is -0.462 e. The molecule has 0 fully saturated rings. The predicted octanol–water partition coefficient (Wildman–Crippen LogP) is 24.4. The quantitative estimate of drug-likeness (QED) is 0.0373. The summed E-state index contributed by atoms with van der Waals surface area (Å²) in [7, 11) is 0. The Morgan fingerprint density at radius 3 is 0.766 bits per heavy atom. The fourth-order valence-corrected chi connectivity index (χ4v) is 11.2. The zero-order valence-corrected chi connectivity index (χ0v) is 52.5. The summed E-state index contributed by atoms with van der Waals surface area (Å²) in [5.74, 6) is -0.562. The minimum atomic E-state index is -0.767. The smallest absolute Gasteiger partial charge is 0.306 e. The number of allylic oxidation sites excluding steroid dienone is 4. The lowest BCUT2D eigenvalue weighted by atomic mass is 10.0. The third kappa shape index (κ3) is 66.8. The fraction of sp³-hybridized carbons (Fsp3) is 0.917. The molecule has 0 aliphatic rings. The largest absolute Gasteiger partial charge is 0.462 e. The molecule has 0 amide bonds. The molecular formula is C72H138O5. The molecule has 5 heteroatoms. The van der Waals surface area contributed by atoms with Crippen LogP contribution in [-0.4, -0.2) is 36.4 Å². The van der Waals surface area contributed by atoms with Crippen LogP contribution >= 0.6 is 0 Å². The number of hydrogen-bond acceptors (Lipinski definition) is 5. The Kier molecular flexibility index (Phi) is 67.2. The molecule has 0 aliphatic carbocycles. The first-order chi connectivity index (χ1) is 38.1. The van der Waals surface area contributed by atoms with Crippen LogP contribution in [-0.2, 0) is 19.1 Å². The minimum absolute atomic E-state index is 0.0570. The van der Waals surface area contributed by atoms with E-state index in [-0.39, 0.29) is 25.2 Å². The van der Waals surface area contributed by atoms with E-state index in [0.717, 1.165) is 38.5 Å². The SMILES string of the molecule is CCCCCCC/C=C\C/C=C\CCCCCCCCCCCCCCCCCCCCCCCCCCCC(=O)OC(CO)COC(=O)CCCCCCCCCCCCCCCCCCCCCCCCCCCC. The van der Waals surface area contributed by atoms with E-state index >= 15 is 0 Å². The number of aliphatic hydroxyl groups is 1. The van der Waals surface area contributed by atoms with E-state index in [1.165, 1.54) is 340 Å². The highest BCUT2D eigenvalue weighted by Crippen LogP contribution is 2.19. The monoisotopic (exact) mass is 1080 g/mol. The molecule has 0 saturated heterocycles. The highest BCUT2D eigenvalue weighted by Gasteiger charge is 2.16. The molecule has 5 nitrogen and oxygen atoms in total. The van der Waals surface area contributed by atoms with Crippen molar-refractivity contribution in [2.24, 2.45) is 0 Å². The summed E-state index contributed by atoms with van der Waals surface area (Å²) in [5.41, 5.74) is 0. The Labute approximate surface area is 483 Å². The summed E-state index contributed by atoms with van der Waals surface area (Å²) < 4.78 is 10.8. The summed E-state index contributed by atoms with van der Waals surface area (Å²) >= 11 is 0. The van der Waals surface area contributed by atoms with Crippen molar-refractivity contribution >= 4 is 11.9 Å². The van der Waals surface area contributed by atoms with Gasteiger partial charge in [0.15, 0.2) is 6.10 Å². The first-order valence-corrected chi connectivity index (χ1v) is 35.4. The standard InChI is InChI=1S/C72H138O5/c1-3-5-7-9-11-13-15-17-19-21-23-25-27-29-31-32-33-34-35-36-37-38-39-40-41-43-45-47-49-51-53-55-57-59-61-63-65-67-72(75)77-70(68-73)69-76-71(74)66-64-62-60-58-56-54-52-50-48-46-44-42-30-28-26-24-22-20-18-16-14-12-10-8-6-4-2/h15,17,21,23,70,73H,3-14,16,18-20,22,24-69H2,1-2H3/b17-15-,23-21-. The maximum absolute atomic E-state index is 12.4. The predicted molar refractivity (Wildman–Crippen MR) is 339 cm³/mol. The average Bonchev–Trinajstić information content (AvgIpc) is 3.43. The third-order valence-electron chi connectivity index (χ3n) is 16.5. The van der Waals surface area contributed by atoms with Gasteiger partial charge in [-0.15, -0.1) is 0 Å². The summed E-state index contributed by atoms with van der Waals surface area (Å²) in [4.78, 5) is 24.6. The number of carbonyl (C=O) groups excluding carboxylic acids is 2. The van der Waals surface area contributed by atoms with Crippen LogP contribution in [0.2, 0.25) is 0 Å². The first kappa shape index (κ1) is 75.4. The van der Waals surface area contributed by atoms with E-state index in [2.05, 4.69) is 38.2 Å². The van der Waals surface area contributed by atoms with Crippen LogP contribution in [0, 0.1) is 0 Å². The van der Waals surface area contributed by atoms with E-state index in [1.54, 1.807) is 0 Å². The second-order valence-corrected chi connectivity index (χ2v) is 24.3. The number of carbonyl (C=O) groups is 2. The first-order valence-electron chi connectivity index (χ1n) is 35.4. The highest BCUT2D eigenvalue weighted by atomic mass is 16.6. The lowest BCUT2D eigenvalue weighted by Gasteiger charge is -2.15. The van der Waals surface area contributed by atoms with Gasteiger partial charge in [0.25, 0.3) is 0 Å². The molecule has 0 radical (unpaired) electrons. The van der Waals surface area contributed by atoms with Crippen molar-refractivity contribution in [3.05, 3.63) is 24.3 Å². The average molecular weight is 1080 g/mol. The molecule has 0 aromatic heterocycles. The highest BCUT2D eigenvalue weighted by molar-refractivity contribution is 5.70. The number of esters is 2. The van der Waals surface area contributed by atoms with Crippen molar-refractivity contribution in [2.75, 3.05) is 13.2 Å². The normalized spacial score (nSPS) is 12.2. The Bertz CT molecular complexity index is 1180. The molecule has 0 spiro atoms. The van der Waals surface area contributed by atoms with Crippen LogP contribution in [0.1, 0.15) is 406 Å². The van der Waals surface area contributed by atoms with Crippen LogP contribution < -0.4 is 0 Å². The van der Waals surface area contributed by atoms with Crippen LogP contribution in [0.3, 0.4) is 0 Å². The molecule has 0 rings (SSSR count). The molecule has 0 aliphatic heterocycles. The molecule has 0 bridgehead atoms. The third-order valence-corrected chi connectivity index (χ3v) is 16.5. The fourth-order valence-electron chi connectivity index (χ4n) is 11.2. The van der Waals surface area contributed by atoms with Gasteiger partial charge in [0.05, 0.1) is 6.61 Å². The molecule has 0 aromatic carbocycles. The second kappa shape index (κ2) is 68.7. The van der Waals surface area contributed by atoms with Crippen LogP contribution in [0.4, 0.5) is 0 Å². The summed E-state index contributed by atoms with van der Waals surface area (Å²) in [6.45, 7) is 4.20. The Hall–Kier alpha value is -1.62. The lowest BCUT2D eigenvalue weighted by Crippen LogP contribution is -2.28. The van der Waals surface area contributed by atoms with Gasteiger partial charge in [-0.3, -0.25) is 9.59 Å². The number of rotatable bonds is 67. The van der Waals surface area contributed by atoms with Crippen molar-refractivity contribution in [1.82, 2.24) is 0 Å². The van der Waals surface area contributed by atoms with Crippen LogP contribution in [0.25, 0.3) is 0 Å². The summed E-state index contributed by atoms with van der Waals surface area (Å²) in [6.07, 6.45) is 89.4. The Morgan fingerprint density at radius 2 is 0.519 bits per heavy atom. The zero-order chi connectivity index (χ0) is 55.5. The Morgan fingerprint density at radius 1 is 0.299 bits per heavy atom. The molecule has 456 valence electrons. The van der Waals surface area contributed by atoms with Gasteiger partial charge in [-0.25, -0.2) is 0 Å². The topological polar surface area (TPSA) is 72.8 Å². The van der Waals surface area contributed by atoms with Gasteiger partial charge in [-0.2, -0.15) is 0 Å². The van der Waals surface area contributed by atoms with Crippen molar-refractivity contribution in [2.45, 2.75) is 412 Å². The molecule has 1 unspecified atom stereocenters. The van der Waals surface area contributed by atoms with Gasteiger partial charge in [0.2, 0.25) is 0 Å². The van der Waals surface area contributed by atoms with Crippen molar-refractivity contribution in [3.8, 4) is 0 Å². The van der Waals surface area contributed by atoms with E-state index in [0.29, 0.717) is 12.8 Å². The molecule has 0 heterocycles. The van der Waals surface area contributed by atoms with Gasteiger partial charge < -0.3 is 14.6 Å². The molecule has 0 saturated carbocycles. The van der Waals surface area contributed by atoms with Crippen molar-refractivity contribution < 1.29 is 24.2 Å². The molecule has 77 heavy (non-hydrogen) atoms. The van der Waals surface area contributed by atoms with E-state index < -0.39 is 6.10 Å². The lowest BCUT2D eigenvalue weighted by molar-refractivity contribution is -0.161. The number of hydrogen-bond donors (Lipinski definition) is 1. The van der Waals surface area contributed by atoms with Gasteiger partial charge in [0.1, 0.15) is 6.61 Å². The number of ether oxygens (including phenoxy) is 2. The number of unbranched alkanes of at least 4 members (excludes halogenated alkanes) is 55. The van der Waals surface area contributed by atoms with Gasteiger partial charge in [-0.05, 0) is 44.9 Å². The summed E-state index contributed by atoms with van der Waals surface area (Å²) in [5, 5.41) is 9.70. The van der Waals surface area contributed by atoms with Crippen molar-refractivity contribution in [1.29, 1.82) is 0 Å². The van der Waals surface area contributed by atoms with Gasteiger partial charge in [-0.1, -0.05) is 372 Å². The van der Waals surface area contributed by atoms with Crippen LogP contribution in [0.15, 0.2) is 24.3 Å². The Balaban J connectivity index is 3.36. The summed E-state index contributed by atoms with van der Waals surface area (Å²) in [6, 6.07) is 0. The van der Waals surface area contributed by atoms with Crippen LogP contribution in [0.5, 0.6) is 0 Å².